The zero-order chi connectivity index (χ0) is 35.1. The van der Waals surface area contributed by atoms with E-state index in [2.05, 4.69) is 20.3 Å². The molecule has 0 amide bonds. The van der Waals surface area contributed by atoms with Gasteiger partial charge in [0.25, 0.3) is 5.95 Å². The molecule has 1 aliphatic heterocycles. The Labute approximate surface area is 271 Å². The van der Waals surface area contributed by atoms with Crippen LogP contribution in [0.1, 0.15) is 91.3 Å². The second-order valence-corrected chi connectivity index (χ2v) is 12.9. The standard InChI is InChI=1S/C32H37F9N6O/c1-3-26(46-12-6-11-29(19-46)10-5-4-7-27(29)48)25-9-8-22(30(33,34)35)15-21(25)18-47(28-42-44-45(2)43-28)17-20-13-23(31(36,37)38)16-24(14-20)32(39,40)41/h8-9,13-16,26-27,48H,3-7,10-12,17-19H2,1-2H3/t26?,27-,29-/m0/s1. The average Bonchev–Trinajstić information content (AvgIpc) is 3.44. The molecule has 1 N–H and O–H groups in total. The summed E-state index contributed by atoms with van der Waals surface area (Å²) in [5, 5.41) is 22.7. The lowest BCUT2D eigenvalue weighted by Crippen LogP contribution is -2.51. The maximum atomic E-state index is 14.0. The van der Waals surface area contributed by atoms with Crippen molar-refractivity contribution in [1.29, 1.82) is 0 Å². The van der Waals surface area contributed by atoms with Crippen LogP contribution in [0.3, 0.4) is 0 Å². The summed E-state index contributed by atoms with van der Waals surface area (Å²) in [5.41, 5.74) is -4.03. The number of rotatable bonds is 8. The van der Waals surface area contributed by atoms with Crippen molar-refractivity contribution in [1.82, 2.24) is 25.1 Å². The number of aliphatic hydroxyl groups excluding tert-OH is 1. The lowest BCUT2D eigenvalue weighted by Gasteiger charge is -2.50. The van der Waals surface area contributed by atoms with Gasteiger partial charge in [0.05, 0.1) is 29.8 Å². The Balaban J connectivity index is 1.57. The summed E-state index contributed by atoms with van der Waals surface area (Å²) in [7, 11) is 1.40. The number of likely N-dealkylation sites (tertiary alicyclic amines) is 1. The van der Waals surface area contributed by atoms with Gasteiger partial charge >= 0.3 is 18.5 Å². The molecular formula is C32H37F9N6O. The Kier molecular flexibility index (Phi) is 10.1. The summed E-state index contributed by atoms with van der Waals surface area (Å²) < 4.78 is 124. The van der Waals surface area contributed by atoms with Gasteiger partial charge in [0.15, 0.2) is 0 Å². The number of aliphatic hydroxyl groups is 1. The van der Waals surface area contributed by atoms with Crippen LogP contribution in [0.4, 0.5) is 45.5 Å². The summed E-state index contributed by atoms with van der Waals surface area (Å²) in [4.78, 5) is 4.43. The fourth-order valence-corrected chi connectivity index (χ4v) is 7.28. The zero-order valence-electron chi connectivity index (χ0n) is 26.4. The van der Waals surface area contributed by atoms with Crippen molar-refractivity contribution in [3.05, 3.63) is 69.8 Å². The van der Waals surface area contributed by atoms with E-state index in [1.807, 2.05) is 6.92 Å². The minimum Gasteiger partial charge on any atom is -0.393 e. The van der Waals surface area contributed by atoms with Crippen LogP contribution in [0.15, 0.2) is 36.4 Å². The first kappa shape index (κ1) is 35.9. The second kappa shape index (κ2) is 13.5. The molecule has 1 aliphatic carbocycles. The van der Waals surface area contributed by atoms with Gasteiger partial charge in [0.2, 0.25) is 0 Å². The van der Waals surface area contributed by atoms with E-state index in [1.165, 1.54) is 18.0 Å². The maximum Gasteiger partial charge on any atom is 0.416 e. The van der Waals surface area contributed by atoms with E-state index in [9.17, 15) is 44.6 Å². The fourth-order valence-electron chi connectivity index (χ4n) is 7.28. The van der Waals surface area contributed by atoms with E-state index in [-0.39, 0.29) is 35.6 Å². The molecular weight excluding hydrogens is 655 g/mol. The van der Waals surface area contributed by atoms with Crippen LogP contribution in [-0.2, 0) is 38.7 Å². The van der Waals surface area contributed by atoms with Crippen LogP contribution in [-0.4, -0.2) is 49.4 Å². The molecule has 2 fully saturated rings. The van der Waals surface area contributed by atoms with Gasteiger partial charge in [-0.1, -0.05) is 30.9 Å². The number of alkyl halides is 9. The average molecular weight is 693 g/mol. The molecule has 5 rings (SSSR count). The molecule has 2 aromatic carbocycles. The van der Waals surface area contributed by atoms with Crippen molar-refractivity contribution in [3.63, 3.8) is 0 Å². The highest BCUT2D eigenvalue weighted by molar-refractivity contribution is 5.42. The van der Waals surface area contributed by atoms with E-state index in [1.54, 1.807) is 0 Å². The zero-order valence-corrected chi connectivity index (χ0v) is 26.4. The molecule has 1 saturated carbocycles. The van der Waals surface area contributed by atoms with Gasteiger partial charge in [0.1, 0.15) is 0 Å². The molecule has 2 aliphatic rings. The molecule has 3 aromatic rings. The van der Waals surface area contributed by atoms with Gasteiger partial charge in [-0.25, -0.2) is 0 Å². The van der Waals surface area contributed by atoms with E-state index in [0.717, 1.165) is 49.0 Å². The first-order chi connectivity index (χ1) is 22.4. The van der Waals surface area contributed by atoms with E-state index in [0.29, 0.717) is 43.6 Å². The van der Waals surface area contributed by atoms with Crippen LogP contribution in [0.2, 0.25) is 0 Å². The fraction of sp³-hybridized carbons (Fsp3) is 0.594. The number of tetrazole rings is 1. The maximum absolute atomic E-state index is 14.0. The molecule has 0 bridgehead atoms. The molecule has 0 radical (unpaired) electrons. The molecule has 1 aromatic heterocycles. The third kappa shape index (κ3) is 7.90. The largest absolute Gasteiger partial charge is 0.416 e. The minimum absolute atomic E-state index is 0.0137. The lowest BCUT2D eigenvalue weighted by atomic mass is 9.67. The number of aryl methyl sites for hydroxylation is 1. The van der Waals surface area contributed by atoms with E-state index in [4.69, 9.17) is 0 Å². The molecule has 7 nitrogen and oxygen atoms in total. The van der Waals surface area contributed by atoms with Gasteiger partial charge in [0, 0.05) is 31.1 Å². The predicted octanol–water partition coefficient (Wildman–Crippen LogP) is 7.94. The number of halogens is 9. The number of piperidine rings is 1. The Morgan fingerprint density at radius 3 is 2.08 bits per heavy atom. The summed E-state index contributed by atoms with van der Waals surface area (Å²) in [5.74, 6) is -0.192. The molecule has 16 heteroatoms. The highest BCUT2D eigenvalue weighted by atomic mass is 19.4. The third-order valence-electron chi connectivity index (χ3n) is 9.57. The first-order valence-corrected chi connectivity index (χ1v) is 15.8. The highest BCUT2D eigenvalue weighted by Gasteiger charge is 2.45. The number of aromatic nitrogens is 4. The molecule has 2 heterocycles. The summed E-state index contributed by atoms with van der Waals surface area (Å²) in [6.07, 6.45) is -9.87. The topological polar surface area (TPSA) is 70.3 Å². The quantitative estimate of drug-likeness (QED) is 0.242. The van der Waals surface area contributed by atoms with Crippen molar-refractivity contribution in [2.45, 2.75) is 95.6 Å². The molecule has 1 saturated heterocycles. The van der Waals surface area contributed by atoms with E-state index >= 15 is 0 Å². The third-order valence-corrected chi connectivity index (χ3v) is 9.57. The Bertz CT molecular complexity index is 1530. The van der Waals surface area contributed by atoms with Crippen LogP contribution in [0, 0.1) is 5.41 Å². The van der Waals surface area contributed by atoms with E-state index < -0.39 is 53.4 Å². The summed E-state index contributed by atoms with van der Waals surface area (Å²) in [6, 6.07) is 4.11. The molecule has 3 atom stereocenters. The number of hydrogen-bond donors (Lipinski definition) is 1. The van der Waals surface area contributed by atoms with Gasteiger partial charge in [-0.3, -0.25) is 4.90 Å². The lowest BCUT2D eigenvalue weighted by molar-refractivity contribution is -0.143. The summed E-state index contributed by atoms with van der Waals surface area (Å²) in [6.45, 7) is 2.12. The monoisotopic (exact) mass is 692 g/mol. The van der Waals surface area contributed by atoms with Crippen LogP contribution in [0.5, 0.6) is 0 Å². The number of benzene rings is 2. The van der Waals surface area contributed by atoms with Crippen LogP contribution in [0.25, 0.3) is 0 Å². The van der Waals surface area contributed by atoms with Crippen LogP contribution < -0.4 is 4.90 Å². The van der Waals surface area contributed by atoms with Crippen molar-refractivity contribution in [2.75, 3.05) is 18.0 Å². The first-order valence-electron chi connectivity index (χ1n) is 15.8. The smallest absolute Gasteiger partial charge is 0.393 e. The number of nitrogens with zero attached hydrogens (tertiary/aromatic N) is 6. The predicted molar refractivity (Wildman–Crippen MR) is 157 cm³/mol. The van der Waals surface area contributed by atoms with Gasteiger partial charge < -0.3 is 10.0 Å². The van der Waals surface area contributed by atoms with Crippen molar-refractivity contribution < 1.29 is 44.6 Å². The normalized spacial score (nSPS) is 21.9. The van der Waals surface area contributed by atoms with Crippen LogP contribution >= 0.6 is 0 Å². The van der Waals surface area contributed by atoms with Gasteiger partial charge in [-0.2, -0.15) is 44.3 Å². The minimum atomic E-state index is -5.09. The van der Waals surface area contributed by atoms with Gasteiger partial charge in [-0.15, -0.1) is 5.10 Å². The summed E-state index contributed by atoms with van der Waals surface area (Å²) >= 11 is 0. The second-order valence-electron chi connectivity index (χ2n) is 12.9. The Morgan fingerprint density at radius 1 is 0.875 bits per heavy atom. The van der Waals surface area contributed by atoms with Crippen molar-refractivity contribution in [3.8, 4) is 0 Å². The molecule has 48 heavy (non-hydrogen) atoms. The molecule has 1 unspecified atom stereocenters. The highest BCUT2D eigenvalue weighted by Crippen LogP contribution is 2.46. The Morgan fingerprint density at radius 2 is 1.52 bits per heavy atom. The number of hydrogen-bond acceptors (Lipinski definition) is 6. The number of anilines is 1. The molecule has 1 spiro atoms. The Hall–Kier alpha value is -3.40. The SMILES string of the molecule is CCC(c1ccc(C(F)(F)F)cc1CN(Cc1cc(C(F)(F)F)cc(C(F)(F)F)c1)c1nnn(C)n1)N1CCC[C@@]2(CCCC[C@@H]2O)C1. The van der Waals surface area contributed by atoms with Gasteiger partial charge in [-0.05, 0) is 90.9 Å². The van der Waals surface area contributed by atoms with Crippen molar-refractivity contribution >= 4 is 5.95 Å². The molecule has 264 valence electrons. The van der Waals surface area contributed by atoms with Crippen molar-refractivity contribution in [2.24, 2.45) is 12.5 Å².